The zero-order valence-corrected chi connectivity index (χ0v) is 26.5. The van der Waals surface area contributed by atoms with Crippen molar-refractivity contribution >= 4 is 47.7 Å². The van der Waals surface area contributed by atoms with E-state index in [9.17, 15) is 0 Å². The van der Waals surface area contributed by atoms with Crippen LogP contribution in [0.25, 0.3) is 33.0 Å². The second-order valence-corrected chi connectivity index (χ2v) is 14.1. The molecular formula is C33H30Cl2SiZr. The Kier molecular flexibility index (Phi) is 10.5. The molecule has 0 spiro atoms. The molecule has 0 aromatic heterocycles. The summed E-state index contributed by atoms with van der Waals surface area (Å²) in [6, 6.07) is 38.3. The van der Waals surface area contributed by atoms with Crippen molar-refractivity contribution in [2.45, 2.75) is 39.5 Å². The van der Waals surface area contributed by atoms with Crippen LogP contribution >= 0.6 is 17.0 Å². The van der Waals surface area contributed by atoms with E-state index in [1.807, 2.05) is 6.07 Å². The Morgan fingerprint density at radius 3 is 2.32 bits per heavy atom. The molecule has 1 heterocycles. The van der Waals surface area contributed by atoms with E-state index in [0.717, 1.165) is 15.9 Å². The summed E-state index contributed by atoms with van der Waals surface area (Å²) in [5.41, 5.74) is 8.45. The molecule has 5 aromatic rings. The largest absolute Gasteiger partial charge is 0.184 e. The summed E-state index contributed by atoms with van der Waals surface area (Å²) < 4.78 is 0. The molecule has 4 heteroatoms. The summed E-state index contributed by atoms with van der Waals surface area (Å²) in [5.74, 6) is 0.588. The molecule has 1 aliphatic rings. The molecule has 0 saturated heterocycles. The van der Waals surface area contributed by atoms with E-state index >= 15 is 0 Å². The molecule has 37 heavy (non-hydrogen) atoms. The molecule has 0 saturated carbocycles. The summed E-state index contributed by atoms with van der Waals surface area (Å²) in [6.45, 7) is 6.83. The fourth-order valence-electron chi connectivity index (χ4n) is 4.85. The zero-order valence-electron chi connectivity index (χ0n) is 21.5. The van der Waals surface area contributed by atoms with Crippen molar-refractivity contribution in [1.82, 2.24) is 0 Å². The predicted octanol–water partition coefficient (Wildman–Crippen LogP) is 8.80. The van der Waals surface area contributed by atoms with Crippen LogP contribution in [0.4, 0.5) is 0 Å². The quantitative estimate of drug-likeness (QED) is 0.137. The van der Waals surface area contributed by atoms with Crippen molar-refractivity contribution in [3.8, 4) is 22.3 Å². The van der Waals surface area contributed by atoms with Gasteiger partial charge in [0.2, 0.25) is 0 Å². The summed E-state index contributed by atoms with van der Waals surface area (Å²) in [4.78, 5) is 0. The summed E-state index contributed by atoms with van der Waals surface area (Å²) in [5, 5.41) is 5.61. The van der Waals surface area contributed by atoms with Gasteiger partial charge in [-0.05, 0) is 24.3 Å². The third-order valence-corrected chi connectivity index (χ3v) is 8.30. The first kappa shape index (κ1) is 28.2. The van der Waals surface area contributed by atoms with E-state index in [2.05, 4.69) is 118 Å². The van der Waals surface area contributed by atoms with Crippen molar-refractivity contribution in [3.63, 3.8) is 0 Å². The molecule has 0 bridgehead atoms. The van der Waals surface area contributed by atoms with Gasteiger partial charge < -0.3 is 0 Å². The Balaban J connectivity index is 0.000000170. The van der Waals surface area contributed by atoms with Gasteiger partial charge >= 0.3 is 37.9 Å². The molecule has 5 aromatic carbocycles. The smallest absolute Gasteiger partial charge is 0.0920 e. The van der Waals surface area contributed by atoms with Gasteiger partial charge in [-0.15, -0.1) is 40.1 Å². The molecule has 0 amide bonds. The molecule has 1 unspecified atom stereocenters. The summed E-state index contributed by atoms with van der Waals surface area (Å²) >= 11 is -0.826. The first-order valence-corrected chi connectivity index (χ1v) is 20.0. The second-order valence-electron chi connectivity index (χ2n) is 9.13. The second kappa shape index (κ2) is 13.8. The maximum atomic E-state index is 4.93. The van der Waals surface area contributed by atoms with E-state index in [4.69, 9.17) is 17.0 Å². The van der Waals surface area contributed by atoms with Crippen LogP contribution in [0.2, 0.25) is 0 Å². The van der Waals surface area contributed by atoms with Crippen LogP contribution in [-0.4, -0.2) is 9.52 Å². The van der Waals surface area contributed by atoms with E-state index < -0.39 is 20.8 Å². The van der Waals surface area contributed by atoms with Crippen molar-refractivity contribution in [1.29, 1.82) is 0 Å². The molecule has 2 radical (unpaired) electrons. The van der Waals surface area contributed by atoms with E-state index in [1.54, 1.807) is 0 Å². The average molecular weight is 617 g/mol. The summed E-state index contributed by atoms with van der Waals surface area (Å²) in [7, 11) is 10.7. The van der Waals surface area contributed by atoms with Crippen LogP contribution < -0.4 is 10.4 Å². The van der Waals surface area contributed by atoms with Gasteiger partial charge in [0.25, 0.3) is 0 Å². The van der Waals surface area contributed by atoms with Crippen LogP contribution in [0, 0.1) is 6.07 Å². The number of fused-ring (bicyclic) bond motifs is 4. The molecule has 184 valence electrons. The first-order chi connectivity index (χ1) is 18.1. The van der Waals surface area contributed by atoms with Crippen LogP contribution in [0.5, 0.6) is 0 Å². The average Bonchev–Trinajstić information content (AvgIpc) is 3.54. The molecule has 1 atom stereocenters. The van der Waals surface area contributed by atoms with E-state index in [-0.39, 0.29) is 0 Å². The first-order valence-electron chi connectivity index (χ1n) is 12.7. The third kappa shape index (κ3) is 6.61. The number of hydrogen-bond donors (Lipinski definition) is 0. The van der Waals surface area contributed by atoms with Gasteiger partial charge in [-0.1, -0.05) is 97.2 Å². The normalized spacial score (nSPS) is 11.8. The fraction of sp³-hybridized carbons (Fsp3) is 0.182. The van der Waals surface area contributed by atoms with Crippen molar-refractivity contribution < 1.29 is 20.8 Å². The molecule has 0 N–H and O–H groups in total. The number of halogens is 2. The zero-order chi connectivity index (χ0) is 26.2. The molecule has 0 fully saturated rings. The maximum absolute atomic E-state index is 4.93. The summed E-state index contributed by atoms with van der Waals surface area (Å²) in [6.07, 6.45) is 2.27. The third-order valence-electron chi connectivity index (χ3n) is 6.93. The molecule has 0 aliphatic carbocycles. The maximum Gasteiger partial charge on any atom is 0.0920 e. The minimum absolute atomic E-state index is 0.588. The van der Waals surface area contributed by atoms with Gasteiger partial charge in [0.1, 0.15) is 0 Å². The predicted molar refractivity (Wildman–Crippen MR) is 161 cm³/mol. The minimum atomic E-state index is -0.826. The standard InChI is InChI=1S/C21H23.C12H7Si.2ClH.Zr/c1-4-15(3)19-12-11-18-13-16(5-2)14-20(18)21(19)17-9-7-6-8-10-17;1-3-7-11-9(5-1)10-6-2-4-8-12(10)13-11;;;/h6-15H,4-5H2,1-3H3;1-7H;2*1H;/q2*-1;;;+4/p-2. The van der Waals surface area contributed by atoms with Crippen LogP contribution in [0.1, 0.15) is 44.2 Å². The Morgan fingerprint density at radius 2 is 1.59 bits per heavy atom. The molecular weight excluding hydrogens is 587 g/mol. The number of hydrogen-bond acceptors (Lipinski definition) is 0. The molecule has 1 aliphatic heterocycles. The van der Waals surface area contributed by atoms with Crippen LogP contribution in [0.15, 0.2) is 97.1 Å². The minimum Gasteiger partial charge on any atom is -0.184 e. The van der Waals surface area contributed by atoms with Gasteiger partial charge in [-0.2, -0.15) is 35.5 Å². The van der Waals surface area contributed by atoms with Crippen molar-refractivity contribution in [3.05, 3.63) is 114 Å². The molecule has 0 nitrogen and oxygen atoms in total. The number of benzene rings is 4. The van der Waals surface area contributed by atoms with Gasteiger partial charge in [0, 0.05) is 0 Å². The Labute approximate surface area is 242 Å². The molecule has 6 rings (SSSR count). The topological polar surface area (TPSA) is 0 Å². The van der Waals surface area contributed by atoms with Crippen molar-refractivity contribution in [2.24, 2.45) is 0 Å². The Bertz CT molecular complexity index is 1400. The SMILES string of the molecule is CCc1cc2c(-c3ccccc3)c(C(C)CC)ccc2[cH-]1.[Cl][Zr+2][Cl].[c-]1cccc2c1[Si]c1ccccc1-2. The Hall–Kier alpha value is -1.83. The fourth-order valence-corrected chi connectivity index (χ4v) is 6.16. The van der Waals surface area contributed by atoms with Gasteiger partial charge in [-0.25, -0.2) is 0 Å². The van der Waals surface area contributed by atoms with E-state index in [1.165, 1.54) is 60.9 Å². The monoisotopic (exact) mass is 614 g/mol. The number of rotatable bonds is 4. The Morgan fingerprint density at radius 1 is 0.892 bits per heavy atom. The van der Waals surface area contributed by atoms with Gasteiger partial charge in [-0.3, -0.25) is 0 Å². The van der Waals surface area contributed by atoms with Gasteiger partial charge in [0.05, 0.1) is 9.52 Å². The van der Waals surface area contributed by atoms with Crippen molar-refractivity contribution in [2.75, 3.05) is 0 Å². The number of aryl methyl sites for hydroxylation is 1. The van der Waals surface area contributed by atoms with E-state index in [0.29, 0.717) is 5.92 Å². The van der Waals surface area contributed by atoms with Crippen LogP contribution in [-0.2, 0) is 27.3 Å². The van der Waals surface area contributed by atoms with Crippen LogP contribution in [0.3, 0.4) is 0 Å². The van der Waals surface area contributed by atoms with Gasteiger partial charge in [0.15, 0.2) is 0 Å².